The van der Waals surface area contributed by atoms with Crippen molar-refractivity contribution in [2.75, 3.05) is 0 Å². The molecule has 0 heterocycles. The number of phosphoric acid groups is 1. The average molecular weight is 376 g/mol. The first-order valence-electron chi connectivity index (χ1n) is 9.35. The monoisotopic (exact) mass is 376 g/mol. The summed E-state index contributed by atoms with van der Waals surface area (Å²) >= 11 is 0. The SMILES string of the molecule is CCCCCCCCC(OP(=O)(O)O)(c1ccccc1)c1ccccc1. The molecule has 4 nitrogen and oxygen atoms in total. The van der Waals surface area contributed by atoms with Gasteiger partial charge in [-0.25, -0.2) is 4.57 Å². The van der Waals surface area contributed by atoms with Gasteiger partial charge < -0.3 is 9.79 Å². The van der Waals surface area contributed by atoms with Crippen molar-refractivity contribution in [2.45, 2.75) is 57.5 Å². The maximum absolute atomic E-state index is 11.8. The molecule has 26 heavy (non-hydrogen) atoms. The van der Waals surface area contributed by atoms with Crippen LogP contribution in [0.25, 0.3) is 0 Å². The fourth-order valence-corrected chi connectivity index (χ4v) is 4.09. The summed E-state index contributed by atoms with van der Waals surface area (Å²) in [5, 5.41) is 0. The molecule has 0 saturated carbocycles. The third-order valence-electron chi connectivity index (χ3n) is 4.64. The summed E-state index contributed by atoms with van der Waals surface area (Å²) in [6.45, 7) is 2.18. The lowest BCUT2D eigenvalue weighted by atomic mass is 9.82. The molecule has 0 aromatic heterocycles. The van der Waals surface area contributed by atoms with Gasteiger partial charge in [-0.1, -0.05) is 99.7 Å². The fourth-order valence-electron chi connectivity index (χ4n) is 3.38. The van der Waals surface area contributed by atoms with Crippen LogP contribution in [0, 0.1) is 0 Å². The maximum Gasteiger partial charge on any atom is 0.470 e. The Labute approximate surface area is 156 Å². The number of unbranched alkanes of at least 4 members (excludes halogenated alkanes) is 5. The van der Waals surface area contributed by atoms with E-state index >= 15 is 0 Å². The highest BCUT2D eigenvalue weighted by Crippen LogP contribution is 2.51. The second-order valence-corrected chi connectivity index (χ2v) is 7.82. The van der Waals surface area contributed by atoms with Gasteiger partial charge in [0, 0.05) is 0 Å². The van der Waals surface area contributed by atoms with Crippen LogP contribution in [-0.4, -0.2) is 9.79 Å². The lowest BCUT2D eigenvalue weighted by Crippen LogP contribution is -2.30. The highest BCUT2D eigenvalue weighted by atomic mass is 31.2. The second-order valence-electron chi connectivity index (χ2n) is 6.66. The van der Waals surface area contributed by atoms with Gasteiger partial charge in [-0.05, 0) is 24.0 Å². The van der Waals surface area contributed by atoms with Crippen molar-refractivity contribution >= 4 is 7.82 Å². The van der Waals surface area contributed by atoms with Gasteiger partial charge in [0.2, 0.25) is 0 Å². The van der Waals surface area contributed by atoms with E-state index < -0.39 is 13.4 Å². The van der Waals surface area contributed by atoms with Gasteiger partial charge >= 0.3 is 7.82 Å². The Morgan fingerprint density at radius 1 is 0.808 bits per heavy atom. The van der Waals surface area contributed by atoms with Crippen LogP contribution in [0.2, 0.25) is 0 Å². The summed E-state index contributed by atoms with van der Waals surface area (Å²) in [7, 11) is -4.68. The van der Waals surface area contributed by atoms with Crippen LogP contribution in [0.4, 0.5) is 0 Å². The molecule has 2 aromatic carbocycles. The van der Waals surface area contributed by atoms with Crippen LogP contribution in [0.1, 0.15) is 63.0 Å². The minimum absolute atomic E-state index is 0.526. The Bertz CT molecular complexity index is 642. The summed E-state index contributed by atoms with van der Waals surface area (Å²) in [6.07, 6.45) is 7.13. The summed E-state index contributed by atoms with van der Waals surface area (Å²) in [4.78, 5) is 19.3. The Balaban J connectivity index is 2.32. The van der Waals surface area contributed by atoms with Crippen molar-refractivity contribution in [1.82, 2.24) is 0 Å². The molecule has 2 aromatic rings. The molecule has 2 rings (SSSR count). The molecular weight excluding hydrogens is 347 g/mol. The number of rotatable bonds is 11. The van der Waals surface area contributed by atoms with E-state index in [1.165, 1.54) is 19.3 Å². The van der Waals surface area contributed by atoms with Gasteiger partial charge in [-0.2, -0.15) is 0 Å². The molecule has 0 aliphatic heterocycles. The van der Waals surface area contributed by atoms with E-state index in [0.29, 0.717) is 6.42 Å². The summed E-state index contributed by atoms with van der Waals surface area (Å²) in [6, 6.07) is 18.8. The van der Waals surface area contributed by atoms with Crippen LogP contribution in [0.15, 0.2) is 60.7 Å². The average Bonchev–Trinajstić information content (AvgIpc) is 2.64. The lowest BCUT2D eigenvalue weighted by Gasteiger charge is -2.35. The van der Waals surface area contributed by atoms with Gasteiger partial charge in [-0.15, -0.1) is 0 Å². The normalized spacial score (nSPS) is 12.3. The third-order valence-corrected chi connectivity index (χ3v) is 5.19. The van der Waals surface area contributed by atoms with Gasteiger partial charge in [0.15, 0.2) is 0 Å². The van der Waals surface area contributed by atoms with E-state index in [2.05, 4.69) is 6.92 Å². The zero-order chi connectivity index (χ0) is 18.9. The number of benzene rings is 2. The highest BCUT2D eigenvalue weighted by Gasteiger charge is 2.40. The number of hydrogen-bond donors (Lipinski definition) is 2. The molecule has 0 aliphatic carbocycles. The van der Waals surface area contributed by atoms with Gasteiger partial charge in [-0.3, -0.25) is 4.52 Å². The predicted octanol–water partition coefficient (Wildman–Crippen LogP) is 5.79. The van der Waals surface area contributed by atoms with E-state index in [-0.39, 0.29) is 0 Å². The maximum atomic E-state index is 11.8. The fraction of sp³-hybridized carbons (Fsp3) is 0.429. The molecule has 142 valence electrons. The standard InChI is InChI=1S/C21H29O4P/c1-2-3-4-5-6-13-18-21(25-26(22,23)24,19-14-9-7-10-15-19)20-16-11-8-12-17-20/h7-12,14-17H,2-6,13,18H2,1H3,(H2,22,23,24). The molecular formula is C21H29O4P. The van der Waals surface area contributed by atoms with E-state index in [0.717, 1.165) is 30.4 Å². The lowest BCUT2D eigenvalue weighted by molar-refractivity contribution is 0.0551. The molecule has 0 aliphatic rings. The minimum atomic E-state index is -4.68. The molecule has 0 atom stereocenters. The van der Waals surface area contributed by atoms with Crippen LogP contribution in [0.5, 0.6) is 0 Å². The van der Waals surface area contributed by atoms with Crippen LogP contribution in [0.3, 0.4) is 0 Å². The summed E-state index contributed by atoms with van der Waals surface area (Å²) < 4.78 is 17.3. The first kappa shape index (κ1) is 20.9. The molecule has 0 spiro atoms. The van der Waals surface area contributed by atoms with E-state index in [9.17, 15) is 14.4 Å². The second kappa shape index (κ2) is 10.0. The molecule has 2 N–H and O–H groups in total. The molecule has 0 amide bonds. The third kappa shape index (κ3) is 6.07. The van der Waals surface area contributed by atoms with E-state index in [1.807, 2.05) is 60.7 Å². The van der Waals surface area contributed by atoms with Gasteiger partial charge in [0.25, 0.3) is 0 Å². The van der Waals surface area contributed by atoms with Crippen LogP contribution >= 0.6 is 7.82 Å². The van der Waals surface area contributed by atoms with Crippen molar-refractivity contribution < 1.29 is 18.9 Å². The zero-order valence-electron chi connectivity index (χ0n) is 15.4. The molecule has 0 bridgehead atoms. The number of hydrogen-bond acceptors (Lipinski definition) is 2. The molecule has 0 unspecified atom stereocenters. The van der Waals surface area contributed by atoms with Crippen LogP contribution < -0.4 is 0 Å². The van der Waals surface area contributed by atoms with Crippen LogP contribution in [-0.2, 0) is 14.7 Å². The van der Waals surface area contributed by atoms with Crippen molar-refractivity contribution in [2.24, 2.45) is 0 Å². The largest absolute Gasteiger partial charge is 0.470 e. The molecule has 5 heteroatoms. The predicted molar refractivity (Wildman–Crippen MR) is 105 cm³/mol. The van der Waals surface area contributed by atoms with E-state index in [1.54, 1.807) is 0 Å². The highest BCUT2D eigenvalue weighted by molar-refractivity contribution is 7.46. The molecule has 0 radical (unpaired) electrons. The Morgan fingerprint density at radius 2 is 1.27 bits per heavy atom. The molecule has 0 saturated heterocycles. The van der Waals surface area contributed by atoms with Crippen molar-refractivity contribution in [3.8, 4) is 0 Å². The van der Waals surface area contributed by atoms with Gasteiger partial charge in [0.05, 0.1) is 0 Å². The zero-order valence-corrected chi connectivity index (χ0v) is 16.3. The first-order chi connectivity index (χ1) is 12.5. The number of phosphoric ester groups is 1. The Kier molecular flexibility index (Phi) is 8.05. The van der Waals surface area contributed by atoms with Gasteiger partial charge in [0.1, 0.15) is 5.60 Å². The summed E-state index contributed by atoms with van der Waals surface area (Å²) in [5.41, 5.74) is 0.387. The minimum Gasteiger partial charge on any atom is -0.303 e. The Hall–Kier alpha value is -1.45. The summed E-state index contributed by atoms with van der Waals surface area (Å²) in [5.74, 6) is 0. The Morgan fingerprint density at radius 3 is 1.73 bits per heavy atom. The molecule has 0 fully saturated rings. The van der Waals surface area contributed by atoms with Crippen molar-refractivity contribution in [3.05, 3.63) is 71.8 Å². The smallest absolute Gasteiger partial charge is 0.303 e. The van der Waals surface area contributed by atoms with E-state index in [4.69, 9.17) is 4.52 Å². The van der Waals surface area contributed by atoms with Crippen molar-refractivity contribution in [1.29, 1.82) is 0 Å². The van der Waals surface area contributed by atoms with Crippen molar-refractivity contribution in [3.63, 3.8) is 0 Å². The first-order valence-corrected chi connectivity index (χ1v) is 10.9. The topological polar surface area (TPSA) is 66.8 Å². The quantitative estimate of drug-likeness (QED) is 0.385.